The predicted molar refractivity (Wildman–Crippen MR) is 104 cm³/mol. The number of carbonyl (C=O) groups is 3. The minimum Gasteiger partial charge on any atom is -0.481 e. The van der Waals surface area contributed by atoms with Crippen LogP contribution in [0.2, 0.25) is 0 Å². The normalized spacial score (nSPS) is 18.6. The Bertz CT molecular complexity index is 689. The van der Waals surface area contributed by atoms with Crippen molar-refractivity contribution < 1.29 is 24.2 Å². The number of piperidine rings is 1. The maximum atomic E-state index is 12.6. The van der Waals surface area contributed by atoms with Crippen LogP contribution in [0.25, 0.3) is 0 Å². The van der Waals surface area contributed by atoms with E-state index in [2.05, 4.69) is 5.32 Å². The number of benzene rings is 1. The zero-order chi connectivity index (χ0) is 19.9. The molecule has 0 saturated carbocycles. The smallest absolute Gasteiger partial charge is 0.306 e. The number of hydrogen-bond acceptors (Lipinski definition) is 4. The molecular formula is C21H28N2O5. The van der Waals surface area contributed by atoms with Gasteiger partial charge in [-0.2, -0.15) is 0 Å². The second-order valence-electron chi connectivity index (χ2n) is 7.62. The first-order valence-electron chi connectivity index (χ1n) is 10.0. The number of carboxylic acid groups (broad SMARTS) is 1. The molecule has 2 N–H and O–H groups in total. The third-order valence-corrected chi connectivity index (χ3v) is 5.67. The molecular weight excluding hydrogens is 360 g/mol. The van der Waals surface area contributed by atoms with Gasteiger partial charge in [0.2, 0.25) is 5.91 Å². The summed E-state index contributed by atoms with van der Waals surface area (Å²) >= 11 is 0. The standard InChI is InChI=1S/C21H28N2O5/c24-19(6-1-15-9-13-28-14-10-15)22-18-4-2-16(3-5-18)20(25)23-11-7-17(8-12-23)21(26)27/h2-5,15,17H,1,6-14H2,(H,22,24)(H,26,27). The first kappa shape index (κ1) is 20.3. The lowest BCUT2D eigenvalue weighted by molar-refractivity contribution is -0.143. The third-order valence-electron chi connectivity index (χ3n) is 5.67. The van der Waals surface area contributed by atoms with Gasteiger partial charge in [0.1, 0.15) is 0 Å². The van der Waals surface area contributed by atoms with Crippen LogP contribution in [0.4, 0.5) is 5.69 Å². The third kappa shape index (κ3) is 5.55. The van der Waals surface area contributed by atoms with Gasteiger partial charge in [0.25, 0.3) is 5.91 Å². The molecule has 2 aliphatic heterocycles. The summed E-state index contributed by atoms with van der Waals surface area (Å²) in [5.41, 5.74) is 1.23. The van der Waals surface area contributed by atoms with Crippen molar-refractivity contribution in [1.29, 1.82) is 0 Å². The lowest BCUT2D eigenvalue weighted by Gasteiger charge is -2.30. The minimum atomic E-state index is -0.788. The van der Waals surface area contributed by atoms with E-state index in [9.17, 15) is 14.4 Å². The summed E-state index contributed by atoms with van der Waals surface area (Å²) in [6.07, 6.45) is 4.38. The number of carbonyl (C=O) groups excluding carboxylic acids is 2. The molecule has 1 aromatic rings. The van der Waals surface area contributed by atoms with Gasteiger partial charge in [-0.3, -0.25) is 14.4 Å². The van der Waals surface area contributed by atoms with Gasteiger partial charge < -0.3 is 20.1 Å². The Labute approximate surface area is 165 Å². The number of amides is 2. The number of nitrogens with one attached hydrogen (secondary N) is 1. The van der Waals surface area contributed by atoms with E-state index in [1.165, 1.54) is 0 Å². The van der Waals surface area contributed by atoms with Crippen molar-refractivity contribution in [2.24, 2.45) is 11.8 Å². The summed E-state index contributed by atoms with van der Waals surface area (Å²) < 4.78 is 5.33. The second kappa shape index (κ2) is 9.68. The number of anilines is 1. The number of aliphatic carboxylic acids is 1. The van der Waals surface area contributed by atoms with Crippen molar-refractivity contribution in [2.45, 2.75) is 38.5 Å². The summed E-state index contributed by atoms with van der Waals surface area (Å²) in [5, 5.41) is 11.9. The number of nitrogens with zero attached hydrogens (tertiary/aromatic N) is 1. The molecule has 0 aliphatic carbocycles. The van der Waals surface area contributed by atoms with Crippen LogP contribution in [0.15, 0.2) is 24.3 Å². The molecule has 0 atom stereocenters. The highest BCUT2D eigenvalue weighted by atomic mass is 16.5. The van der Waals surface area contributed by atoms with Crippen molar-refractivity contribution in [3.63, 3.8) is 0 Å². The molecule has 0 bridgehead atoms. The number of likely N-dealkylation sites (tertiary alicyclic amines) is 1. The van der Waals surface area contributed by atoms with E-state index < -0.39 is 5.97 Å². The van der Waals surface area contributed by atoms with Crippen molar-refractivity contribution in [3.8, 4) is 0 Å². The first-order valence-corrected chi connectivity index (χ1v) is 10.0. The van der Waals surface area contributed by atoms with Gasteiger partial charge in [0.05, 0.1) is 5.92 Å². The molecule has 2 amide bonds. The van der Waals surface area contributed by atoms with Gasteiger partial charge in [-0.1, -0.05) is 0 Å². The Hall–Kier alpha value is -2.41. The zero-order valence-electron chi connectivity index (χ0n) is 16.1. The van der Waals surface area contributed by atoms with Crippen LogP contribution in [-0.4, -0.2) is 54.1 Å². The monoisotopic (exact) mass is 388 g/mol. The molecule has 0 unspecified atom stereocenters. The lowest BCUT2D eigenvalue weighted by Crippen LogP contribution is -2.40. The summed E-state index contributed by atoms with van der Waals surface area (Å²) in [7, 11) is 0. The van der Waals surface area contributed by atoms with Crippen molar-refractivity contribution in [2.75, 3.05) is 31.6 Å². The Morgan fingerprint density at radius 2 is 1.68 bits per heavy atom. The maximum Gasteiger partial charge on any atom is 0.306 e. The largest absolute Gasteiger partial charge is 0.481 e. The van der Waals surface area contributed by atoms with E-state index in [0.717, 1.165) is 32.5 Å². The fraction of sp³-hybridized carbons (Fsp3) is 0.571. The van der Waals surface area contributed by atoms with Crippen LogP contribution in [0.3, 0.4) is 0 Å². The van der Waals surface area contributed by atoms with E-state index in [1.807, 2.05) is 0 Å². The first-order chi connectivity index (χ1) is 13.5. The molecule has 2 aliphatic rings. The number of hydrogen-bond donors (Lipinski definition) is 2. The average molecular weight is 388 g/mol. The molecule has 2 heterocycles. The van der Waals surface area contributed by atoms with E-state index in [0.29, 0.717) is 49.5 Å². The molecule has 3 rings (SSSR count). The highest BCUT2D eigenvalue weighted by molar-refractivity contribution is 5.96. The number of ether oxygens (including phenoxy) is 1. The maximum absolute atomic E-state index is 12.6. The Kier molecular flexibility index (Phi) is 7.03. The van der Waals surface area contributed by atoms with Gasteiger partial charge in [-0.05, 0) is 62.3 Å². The fourth-order valence-electron chi connectivity index (χ4n) is 3.80. The highest BCUT2D eigenvalue weighted by Crippen LogP contribution is 2.22. The van der Waals surface area contributed by atoms with Gasteiger partial charge in [0, 0.05) is 44.0 Å². The molecule has 1 aromatic carbocycles. The second-order valence-corrected chi connectivity index (χ2v) is 7.62. The summed E-state index contributed by atoms with van der Waals surface area (Å²) in [6.45, 7) is 2.49. The Balaban J connectivity index is 1.45. The van der Waals surface area contributed by atoms with Crippen LogP contribution < -0.4 is 5.32 Å². The van der Waals surface area contributed by atoms with Crippen molar-refractivity contribution >= 4 is 23.5 Å². The highest BCUT2D eigenvalue weighted by Gasteiger charge is 2.27. The van der Waals surface area contributed by atoms with E-state index in [-0.39, 0.29) is 17.7 Å². The minimum absolute atomic E-state index is 0.0127. The zero-order valence-corrected chi connectivity index (χ0v) is 16.1. The molecule has 28 heavy (non-hydrogen) atoms. The van der Waals surface area contributed by atoms with E-state index in [4.69, 9.17) is 9.84 Å². The molecule has 2 saturated heterocycles. The molecule has 0 radical (unpaired) electrons. The number of carboxylic acids is 1. The molecule has 2 fully saturated rings. The summed E-state index contributed by atoms with van der Waals surface area (Å²) in [6, 6.07) is 6.90. The fourth-order valence-corrected chi connectivity index (χ4v) is 3.80. The Morgan fingerprint density at radius 1 is 1.04 bits per heavy atom. The van der Waals surface area contributed by atoms with Gasteiger partial charge in [0.15, 0.2) is 0 Å². The molecule has 7 heteroatoms. The Morgan fingerprint density at radius 3 is 2.29 bits per heavy atom. The summed E-state index contributed by atoms with van der Waals surface area (Å²) in [5.74, 6) is -0.695. The molecule has 0 aromatic heterocycles. The molecule has 152 valence electrons. The van der Waals surface area contributed by atoms with Crippen LogP contribution in [0.5, 0.6) is 0 Å². The van der Waals surface area contributed by atoms with Gasteiger partial charge in [-0.25, -0.2) is 0 Å². The lowest BCUT2D eigenvalue weighted by atomic mass is 9.95. The van der Waals surface area contributed by atoms with Gasteiger partial charge in [-0.15, -0.1) is 0 Å². The van der Waals surface area contributed by atoms with Gasteiger partial charge >= 0.3 is 5.97 Å². The van der Waals surface area contributed by atoms with Crippen LogP contribution in [0.1, 0.15) is 48.9 Å². The topological polar surface area (TPSA) is 95.9 Å². The van der Waals surface area contributed by atoms with E-state index >= 15 is 0 Å². The quantitative estimate of drug-likeness (QED) is 0.781. The van der Waals surface area contributed by atoms with Crippen molar-refractivity contribution in [3.05, 3.63) is 29.8 Å². The average Bonchev–Trinajstić information content (AvgIpc) is 2.73. The van der Waals surface area contributed by atoms with Crippen LogP contribution >= 0.6 is 0 Å². The predicted octanol–water partition coefficient (Wildman–Crippen LogP) is 2.77. The van der Waals surface area contributed by atoms with Crippen molar-refractivity contribution in [1.82, 2.24) is 4.90 Å². The molecule has 7 nitrogen and oxygen atoms in total. The van der Waals surface area contributed by atoms with Crippen LogP contribution in [-0.2, 0) is 14.3 Å². The summed E-state index contributed by atoms with van der Waals surface area (Å²) in [4.78, 5) is 37.4. The van der Waals surface area contributed by atoms with Crippen LogP contribution in [0, 0.1) is 11.8 Å². The van der Waals surface area contributed by atoms with E-state index in [1.54, 1.807) is 29.2 Å². The molecule has 0 spiro atoms. The number of rotatable bonds is 6. The SMILES string of the molecule is O=C(CCC1CCOCC1)Nc1ccc(C(=O)N2CCC(C(=O)O)CC2)cc1.